The van der Waals surface area contributed by atoms with E-state index in [1.807, 2.05) is 0 Å². The molecule has 32 heavy (non-hydrogen) atoms. The molecule has 1 spiro atoms. The lowest BCUT2D eigenvalue weighted by Gasteiger charge is -2.36. The predicted molar refractivity (Wildman–Crippen MR) is 121 cm³/mol. The normalized spacial score (nSPS) is 19.7. The lowest BCUT2D eigenvalue weighted by molar-refractivity contribution is -0.123. The summed E-state index contributed by atoms with van der Waals surface area (Å²) >= 11 is 0. The Morgan fingerprint density at radius 1 is 1.09 bits per heavy atom. The smallest absolute Gasteiger partial charge is 0.265 e. The number of carbonyl (C=O) groups excluding carboxylic acids is 1. The summed E-state index contributed by atoms with van der Waals surface area (Å²) in [5, 5.41) is 6.32. The van der Waals surface area contributed by atoms with Gasteiger partial charge in [0.1, 0.15) is 22.5 Å². The number of para-hydroxylation sites is 1. The average Bonchev–Trinajstić information content (AvgIpc) is 3.06. The Balaban J connectivity index is 1.54. The molecule has 3 N–H and O–H groups in total. The van der Waals surface area contributed by atoms with Gasteiger partial charge >= 0.3 is 0 Å². The first-order valence-corrected chi connectivity index (χ1v) is 12.4. The Labute approximate surface area is 187 Å². The molecule has 0 unspecified atom stereocenters. The molecule has 2 aliphatic heterocycles. The van der Waals surface area contributed by atoms with Crippen LogP contribution in [0.2, 0.25) is 0 Å². The molecular weight excluding hydrogens is 430 g/mol. The lowest BCUT2D eigenvalue weighted by Crippen LogP contribution is -2.40. The fraction of sp³-hybridized carbons (Fsp3) is 0.435. The third-order valence-corrected chi connectivity index (χ3v) is 8.11. The molecule has 2 aromatic carbocycles. The van der Waals surface area contributed by atoms with E-state index >= 15 is 0 Å². The van der Waals surface area contributed by atoms with Gasteiger partial charge < -0.3 is 20.1 Å². The molecule has 170 valence electrons. The number of ether oxygens (including phenoxy) is 2. The zero-order valence-electron chi connectivity index (χ0n) is 17.9. The largest absolute Gasteiger partial charge is 0.495 e. The highest BCUT2D eigenvalue weighted by Gasteiger charge is 2.52. The minimum Gasteiger partial charge on any atom is -0.495 e. The van der Waals surface area contributed by atoms with Gasteiger partial charge in [-0.05, 0) is 62.5 Å². The summed E-state index contributed by atoms with van der Waals surface area (Å²) in [5.41, 5.74) is 1.28. The molecule has 0 atom stereocenters. The van der Waals surface area contributed by atoms with Crippen LogP contribution in [0, 0.1) is 0 Å². The third kappa shape index (κ3) is 3.49. The molecule has 2 aromatic rings. The van der Waals surface area contributed by atoms with Crippen molar-refractivity contribution in [3.63, 3.8) is 0 Å². The maximum absolute atomic E-state index is 13.2. The molecule has 1 amide bonds. The van der Waals surface area contributed by atoms with Crippen molar-refractivity contribution >= 4 is 27.3 Å². The van der Waals surface area contributed by atoms with E-state index in [0.717, 1.165) is 50.8 Å². The van der Waals surface area contributed by atoms with Crippen molar-refractivity contribution < 1.29 is 22.7 Å². The minimum absolute atomic E-state index is 0.0104. The van der Waals surface area contributed by atoms with Crippen molar-refractivity contribution in [3.8, 4) is 11.5 Å². The molecule has 2 heterocycles. The van der Waals surface area contributed by atoms with E-state index in [1.165, 1.54) is 13.2 Å². The molecule has 0 radical (unpaired) electrons. The molecule has 5 rings (SSSR count). The molecule has 1 aliphatic carbocycles. The summed E-state index contributed by atoms with van der Waals surface area (Å²) in [7, 11) is -2.47. The number of benzene rings is 2. The van der Waals surface area contributed by atoms with Crippen LogP contribution >= 0.6 is 0 Å². The van der Waals surface area contributed by atoms with Gasteiger partial charge in [0.15, 0.2) is 0 Å². The molecule has 9 heteroatoms. The highest BCUT2D eigenvalue weighted by atomic mass is 32.2. The van der Waals surface area contributed by atoms with Crippen LogP contribution in [-0.4, -0.2) is 40.6 Å². The summed E-state index contributed by atoms with van der Waals surface area (Å²) in [5.74, 6) is 0.752. The summed E-state index contributed by atoms with van der Waals surface area (Å²) in [6, 6.07) is 9.92. The van der Waals surface area contributed by atoms with Crippen LogP contribution in [-0.2, 0) is 20.2 Å². The van der Waals surface area contributed by atoms with Crippen molar-refractivity contribution in [1.82, 2.24) is 5.32 Å². The first-order valence-electron chi connectivity index (χ1n) is 11.0. The van der Waals surface area contributed by atoms with E-state index in [-0.39, 0.29) is 22.7 Å². The highest BCUT2D eigenvalue weighted by Crippen LogP contribution is 2.54. The van der Waals surface area contributed by atoms with Crippen molar-refractivity contribution in [2.75, 3.05) is 30.2 Å². The van der Waals surface area contributed by atoms with Gasteiger partial charge in [-0.1, -0.05) is 18.6 Å². The van der Waals surface area contributed by atoms with Crippen LogP contribution in [0.15, 0.2) is 41.3 Å². The molecule has 0 bridgehead atoms. The number of nitrogens with one attached hydrogen (secondary N) is 3. The number of carbonyl (C=O) groups is 1. The number of piperidine rings is 1. The first-order chi connectivity index (χ1) is 15.4. The van der Waals surface area contributed by atoms with Gasteiger partial charge in [-0.15, -0.1) is 0 Å². The summed E-state index contributed by atoms with van der Waals surface area (Å²) in [6.45, 7) is 1.73. The van der Waals surface area contributed by atoms with Gasteiger partial charge in [-0.2, -0.15) is 0 Å². The SMILES string of the molecule is COc1ccccc1S(=O)(=O)Nc1cc(OC2CCNCC2)c2c(c1)C1(CCC1)C(=O)N2. The number of anilines is 2. The number of sulfonamides is 1. The van der Waals surface area contributed by atoms with Crippen LogP contribution < -0.4 is 24.8 Å². The standard InChI is InChI=1S/C23H27N3O5S/c1-30-18-5-2-3-6-20(18)32(28,29)26-15-13-17-21(25-22(27)23(17)9-4-10-23)19(14-15)31-16-7-11-24-12-8-16/h2-3,5-6,13-14,16,24,26H,4,7-12H2,1H3,(H,25,27). The third-order valence-electron chi connectivity index (χ3n) is 6.69. The van der Waals surface area contributed by atoms with E-state index in [9.17, 15) is 13.2 Å². The van der Waals surface area contributed by atoms with Crippen molar-refractivity contribution in [3.05, 3.63) is 42.0 Å². The van der Waals surface area contributed by atoms with Crippen molar-refractivity contribution in [1.29, 1.82) is 0 Å². The number of hydrogen-bond acceptors (Lipinski definition) is 6. The van der Waals surface area contributed by atoms with Gasteiger partial charge in [-0.25, -0.2) is 8.42 Å². The van der Waals surface area contributed by atoms with Crippen molar-refractivity contribution in [2.24, 2.45) is 0 Å². The van der Waals surface area contributed by atoms with E-state index in [4.69, 9.17) is 9.47 Å². The molecule has 1 saturated heterocycles. The lowest BCUT2D eigenvalue weighted by atomic mass is 9.65. The predicted octanol–water partition coefficient (Wildman–Crippen LogP) is 3.00. The Hall–Kier alpha value is -2.78. The van der Waals surface area contributed by atoms with Crippen LogP contribution in [0.1, 0.15) is 37.7 Å². The number of amides is 1. The quantitative estimate of drug-likeness (QED) is 0.616. The summed E-state index contributed by atoms with van der Waals surface area (Å²) in [6.07, 6.45) is 4.18. The zero-order valence-corrected chi connectivity index (χ0v) is 18.8. The van der Waals surface area contributed by atoms with E-state index in [1.54, 1.807) is 30.3 Å². The van der Waals surface area contributed by atoms with Crippen LogP contribution in [0.5, 0.6) is 11.5 Å². The van der Waals surface area contributed by atoms with E-state index in [2.05, 4.69) is 15.4 Å². The van der Waals surface area contributed by atoms with Gasteiger partial charge in [0, 0.05) is 6.07 Å². The van der Waals surface area contributed by atoms with Gasteiger partial charge in [0.2, 0.25) is 5.91 Å². The number of hydrogen-bond donors (Lipinski definition) is 3. The minimum atomic E-state index is -3.91. The zero-order chi connectivity index (χ0) is 22.3. The average molecular weight is 458 g/mol. The van der Waals surface area contributed by atoms with E-state index in [0.29, 0.717) is 17.1 Å². The number of methoxy groups -OCH3 is 1. The van der Waals surface area contributed by atoms with Crippen LogP contribution in [0.3, 0.4) is 0 Å². The molecule has 3 aliphatic rings. The van der Waals surface area contributed by atoms with Gasteiger partial charge in [0.25, 0.3) is 10.0 Å². The number of fused-ring (bicyclic) bond motifs is 2. The molecule has 8 nitrogen and oxygen atoms in total. The van der Waals surface area contributed by atoms with Gasteiger partial charge in [0.05, 0.1) is 23.9 Å². The Morgan fingerprint density at radius 2 is 1.84 bits per heavy atom. The second-order valence-electron chi connectivity index (χ2n) is 8.61. The Morgan fingerprint density at radius 3 is 2.53 bits per heavy atom. The van der Waals surface area contributed by atoms with Crippen molar-refractivity contribution in [2.45, 2.75) is 48.5 Å². The fourth-order valence-corrected chi connectivity index (χ4v) is 6.01. The Bertz CT molecular complexity index is 1150. The highest BCUT2D eigenvalue weighted by molar-refractivity contribution is 7.92. The Kier molecular flexibility index (Phi) is 5.25. The fourth-order valence-electron chi connectivity index (χ4n) is 4.80. The first kappa shape index (κ1) is 21.1. The van der Waals surface area contributed by atoms with Gasteiger partial charge in [-0.3, -0.25) is 9.52 Å². The maximum Gasteiger partial charge on any atom is 0.265 e. The second-order valence-corrected chi connectivity index (χ2v) is 10.3. The van der Waals surface area contributed by atoms with Crippen LogP contribution in [0.4, 0.5) is 11.4 Å². The molecule has 0 aromatic heterocycles. The van der Waals surface area contributed by atoms with E-state index < -0.39 is 15.4 Å². The maximum atomic E-state index is 13.2. The summed E-state index contributed by atoms with van der Waals surface area (Å²) in [4.78, 5) is 12.9. The second kappa shape index (κ2) is 7.97. The summed E-state index contributed by atoms with van der Waals surface area (Å²) < 4.78 is 40.6. The molecular formula is C23H27N3O5S. The topological polar surface area (TPSA) is 106 Å². The number of rotatable bonds is 6. The monoisotopic (exact) mass is 457 g/mol. The van der Waals surface area contributed by atoms with Crippen LogP contribution in [0.25, 0.3) is 0 Å². The molecule has 1 saturated carbocycles. The molecule has 2 fully saturated rings.